The fraction of sp³-hybridized carbons (Fsp3) is 0.455. The lowest BCUT2D eigenvalue weighted by atomic mass is 10.1. The van der Waals surface area contributed by atoms with Gasteiger partial charge in [-0.2, -0.15) is 0 Å². The molecule has 2 unspecified atom stereocenters. The third kappa shape index (κ3) is 3.57. The van der Waals surface area contributed by atoms with E-state index in [1.54, 1.807) is 13.8 Å². The van der Waals surface area contributed by atoms with Crippen LogP contribution in [-0.2, 0) is 6.54 Å². The van der Waals surface area contributed by atoms with Crippen LogP contribution < -0.4 is 5.32 Å². The molecule has 0 bridgehead atoms. The molecule has 2 N–H and O–H groups in total. The molecule has 0 amide bonds. The van der Waals surface area contributed by atoms with Crippen LogP contribution in [0.1, 0.15) is 19.4 Å². The lowest BCUT2D eigenvalue weighted by Crippen LogP contribution is -2.35. The molecule has 0 saturated carbocycles. The minimum atomic E-state index is -0.583. The minimum Gasteiger partial charge on any atom is -0.392 e. The molecule has 84 valence electrons. The molecule has 4 heteroatoms. The van der Waals surface area contributed by atoms with Crippen molar-refractivity contribution in [3.05, 3.63) is 35.4 Å². The van der Waals surface area contributed by atoms with Gasteiger partial charge in [0.2, 0.25) is 0 Å². The van der Waals surface area contributed by atoms with Gasteiger partial charge in [0, 0.05) is 24.2 Å². The number of rotatable bonds is 4. The molecule has 2 nitrogen and oxygen atoms in total. The molecule has 1 aromatic rings. The van der Waals surface area contributed by atoms with Gasteiger partial charge in [0.25, 0.3) is 0 Å². The number of hydrogen-bond acceptors (Lipinski definition) is 2. The van der Waals surface area contributed by atoms with E-state index in [4.69, 9.17) is 0 Å². The van der Waals surface area contributed by atoms with Gasteiger partial charge in [-0.05, 0) is 19.9 Å². The van der Waals surface area contributed by atoms with Crippen molar-refractivity contribution in [3.63, 3.8) is 0 Å². The van der Waals surface area contributed by atoms with Gasteiger partial charge in [-0.25, -0.2) is 8.78 Å². The Morgan fingerprint density at radius 3 is 2.53 bits per heavy atom. The lowest BCUT2D eigenvalue weighted by molar-refractivity contribution is 0.152. The van der Waals surface area contributed by atoms with Gasteiger partial charge in [0.15, 0.2) is 0 Å². The van der Waals surface area contributed by atoms with Crippen LogP contribution in [0.15, 0.2) is 18.2 Å². The first-order valence-electron chi connectivity index (χ1n) is 4.86. The summed E-state index contributed by atoms with van der Waals surface area (Å²) >= 11 is 0. The van der Waals surface area contributed by atoms with Crippen LogP contribution in [0.25, 0.3) is 0 Å². The molecule has 0 heterocycles. The van der Waals surface area contributed by atoms with Crippen LogP contribution in [0.2, 0.25) is 0 Å². The highest BCUT2D eigenvalue weighted by Crippen LogP contribution is 2.09. The predicted octanol–water partition coefficient (Wildman–Crippen LogP) is 1.82. The Balaban J connectivity index is 2.58. The van der Waals surface area contributed by atoms with Gasteiger partial charge >= 0.3 is 0 Å². The van der Waals surface area contributed by atoms with Gasteiger partial charge < -0.3 is 10.4 Å². The zero-order valence-corrected chi connectivity index (χ0v) is 8.80. The largest absolute Gasteiger partial charge is 0.392 e. The summed E-state index contributed by atoms with van der Waals surface area (Å²) in [5.41, 5.74) is 0.393. The van der Waals surface area contributed by atoms with Crippen molar-refractivity contribution in [2.24, 2.45) is 0 Å². The van der Waals surface area contributed by atoms with Gasteiger partial charge in [-0.15, -0.1) is 0 Å². The second-order valence-electron chi connectivity index (χ2n) is 3.65. The number of hydrogen-bond donors (Lipinski definition) is 2. The van der Waals surface area contributed by atoms with Crippen molar-refractivity contribution < 1.29 is 13.9 Å². The summed E-state index contributed by atoms with van der Waals surface area (Å²) < 4.78 is 25.7. The first kappa shape index (κ1) is 12.1. The van der Waals surface area contributed by atoms with Crippen LogP contribution in [0.4, 0.5) is 8.78 Å². The summed E-state index contributed by atoms with van der Waals surface area (Å²) in [6, 6.07) is 3.33. The van der Waals surface area contributed by atoms with E-state index in [2.05, 4.69) is 5.32 Å². The van der Waals surface area contributed by atoms with Gasteiger partial charge in [0.05, 0.1) is 6.10 Å². The molecule has 0 fully saturated rings. The quantitative estimate of drug-likeness (QED) is 0.803. The second kappa shape index (κ2) is 5.19. The summed E-state index contributed by atoms with van der Waals surface area (Å²) in [4.78, 5) is 0. The topological polar surface area (TPSA) is 32.3 Å². The molecule has 2 atom stereocenters. The highest BCUT2D eigenvalue weighted by molar-refractivity contribution is 5.18. The average molecular weight is 215 g/mol. The molecule has 0 saturated heterocycles. The third-order valence-corrected chi connectivity index (χ3v) is 2.35. The van der Waals surface area contributed by atoms with E-state index in [1.807, 2.05) is 0 Å². The zero-order chi connectivity index (χ0) is 11.4. The number of aliphatic hydroxyl groups is 1. The van der Waals surface area contributed by atoms with Crippen molar-refractivity contribution >= 4 is 0 Å². The summed E-state index contributed by atoms with van der Waals surface area (Å²) in [5.74, 6) is -1.15. The molecule has 0 aromatic heterocycles. The van der Waals surface area contributed by atoms with Crippen molar-refractivity contribution in [1.29, 1.82) is 0 Å². The highest BCUT2D eigenvalue weighted by Gasteiger charge is 2.09. The Morgan fingerprint density at radius 2 is 2.00 bits per heavy atom. The molecular weight excluding hydrogens is 200 g/mol. The smallest absolute Gasteiger partial charge is 0.130 e. The SMILES string of the molecule is CC(O)C(C)NCc1ccc(F)cc1F. The van der Waals surface area contributed by atoms with E-state index in [-0.39, 0.29) is 12.6 Å². The van der Waals surface area contributed by atoms with Crippen LogP contribution in [-0.4, -0.2) is 17.3 Å². The predicted molar refractivity (Wildman–Crippen MR) is 54.3 cm³/mol. The molecule has 0 spiro atoms. The molecule has 1 rings (SSSR count). The number of benzene rings is 1. The fourth-order valence-electron chi connectivity index (χ4n) is 1.11. The van der Waals surface area contributed by atoms with E-state index >= 15 is 0 Å². The third-order valence-electron chi connectivity index (χ3n) is 2.35. The molecule has 1 aromatic carbocycles. The summed E-state index contributed by atoms with van der Waals surface area (Å²) in [5, 5.41) is 12.1. The minimum absolute atomic E-state index is 0.130. The van der Waals surface area contributed by atoms with Gasteiger partial charge in [0.1, 0.15) is 11.6 Å². The maximum absolute atomic E-state index is 13.2. The fourth-order valence-corrected chi connectivity index (χ4v) is 1.11. The first-order valence-corrected chi connectivity index (χ1v) is 4.86. The van der Waals surface area contributed by atoms with Crippen molar-refractivity contribution in [2.75, 3.05) is 0 Å². The van der Waals surface area contributed by atoms with Crippen LogP contribution in [0.3, 0.4) is 0 Å². The monoisotopic (exact) mass is 215 g/mol. The van der Waals surface area contributed by atoms with E-state index in [9.17, 15) is 13.9 Å². The summed E-state index contributed by atoms with van der Waals surface area (Å²) in [6.45, 7) is 3.73. The maximum atomic E-state index is 13.2. The molecule has 15 heavy (non-hydrogen) atoms. The number of aliphatic hydroxyl groups excluding tert-OH is 1. The van der Waals surface area contributed by atoms with E-state index in [1.165, 1.54) is 12.1 Å². The molecule has 0 aliphatic carbocycles. The van der Waals surface area contributed by atoms with Crippen LogP contribution in [0, 0.1) is 11.6 Å². The standard InChI is InChI=1S/C11H15F2NO/c1-7(8(2)15)14-6-9-3-4-10(12)5-11(9)13/h3-5,7-8,14-15H,6H2,1-2H3. The average Bonchev–Trinajstić information content (AvgIpc) is 2.15. The summed E-state index contributed by atoms with van der Waals surface area (Å²) in [6.07, 6.45) is -0.506. The Morgan fingerprint density at radius 1 is 1.33 bits per heavy atom. The van der Waals surface area contributed by atoms with Crippen molar-refractivity contribution in [2.45, 2.75) is 32.5 Å². The summed E-state index contributed by atoms with van der Waals surface area (Å²) in [7, 11) is 0. The molecule has 0 aliphatic rings. The normalized spacial score (nSPS) is 15.0. The Hall–Kier alpha value is -1.00. The van der Waals surface area contributed by atoms with E-state index < -0.39 is 17.7 Å². The molecule has 0 aliphatic heterocycles. The Labute approximate surface area is 87.9 Å². The van der Waals surface area contributed by atoms with Gasteiger partial charge in [-0.3, -0.25) is 0 Å². The zero-order valence-electron chi connectivity index (χ0n) is 8.80. The Kier molecular flexibility index (Phi) is 4.17. The van der Waals surface area contributed by atoms with Crippen LogP contribution >= 0.6 is 0 Å². The molecule has 0 radical (unpaired) electrons. The van der Waals surface area contributed by atoms with E-state index in [0.717, 1.165) is 6.07 Å². The maximum Gasteiger partial charge on any atom is 0.130 e. The van der Waals surface area contributed by atoms with E-state index in [0.29, 0.717) is 5.56 Å². The van der Waals surface area contributed by atoms with Crippen LogP contribution in [0.5, 0.6) is 0 Å². The van der Waals surface area contributed by atoms with Crippen molar-refractivity contribution in [3.8, 4) is 0 Å². The second-order valence-corrected chi connectivity index (χ2v) is 3.65. The van der Waals surface area contributed by atoms with Gasteiger partial charge in [-0.1, -0.05) is 6.07 Å². The first-order chi connectivity index (χ1) is 7.00. The lowest BCUT2D eigenvalue weighted by Gasteiger charge is -2.16. The number of halogens is 2. The number of nitrogens with one attached hydrogen (secondary N) is 1. The molecular formula is C11H15F2NO. The highest BCUT2D eigenvalue weighted by atomic mass is 19.1. The van der Waals surface area contributed by atoms with Crippen molar-refractivity contribution in [1.82, 2.24) is 5.32 Å². The Bertz CT molecular complexity index is 328.